The third-order valence-corrected chi connectivity index (χ3v) is 11.2. The van der Waals surface area contributed by atoms with Gasteiger partial charge in [0.1, 0.15) is 6.17 Å². The van der Waals surface area contributed by atoms with Crippen LogP contribution in [-0.2, 0) is 0 Å². The van der Waals surface area contributed by atoms with Crippen LogP contribution in [0.1, 0.15) is 22.9 Å². The fourth-order valence-corrected chi connectivity index (χ4v) is 8.58. The summed E-state index contributed by atoms with van der Waals surface area (Å²) in [5.74, 6) is 0. The van der Waals surface area contributed by atoms with Gasteiger partial charge in [0.05, 0.1) is 16.9 Å². The summed E-state index contributed by atoms with van der Waals surface area (Å²) in [6.07, 6.45) is 1.92. The second-order valence-corrected chi connectivity index (χ2v) is 14.6. The Balaban J connectivity index is 1.03. The van der Waals surface area contributed by atoms with Crippen LogP contribution in [0.15, 0.2) is 205 Å². The van der Waals surface area contributed by atoms with E-state index in [1.165, 1.54) is 43.1 Å². The molecular formula is C53H35N3. The molecule has 1 aliphatic heterocycles. The summed E-state index contributed by atoms with van der Waals surface area (Å²) in [5, 5.41) is 14.7. The van der Waals surface area contributed by atoms with E-state index in [0.717, 1.165) is 61.4 Å². The van der Waals surface area contributed by atoms with Gasteiger partial charge in [0.15, 0.2) is 0 Å². The molecule has 3 heteroatoms. The second-order valence-electron chi connectivity index (χ2n) is 14.6. The Morgan fingerprint density at radius 2 is 0.982 bits per heavy atom. The number of pyridine rings is 1. The Labute approximate surface area is 324 Å². The van der Waals surface area contributed by atoms with Crippen molar-refractivity contribution in [1.82, 2.24) is 10.3 Å². The molecule has 11 rings (SSSR count). The number of hydrogen-bond donors (Lipinski definition) is 1. The maximum atomic E-state index is 5.44. The summed E-state index contributed by atoms with van der Waals surface area (Å²) in [4.78, 5) is 10.7. The van der Waals surface area contributed by atoms with Gasteiger partial charge < -0.3 is 5.32 Å². The van der Waals surface area contributed by atoms with E-state index in [9.17, 15) is 0 Å². The van der Waals surface area contributed by atoms with E-state index in [2.05, 4.69) is 206 Å². The highest BCUT2D eigenvalue weighted by Crippen LogP contribution is 2.39. The molecular weight excluding hydrogens is 679 g/mol. The number of nitrogens with one attached hydrogen (secondary N) is 1. The van der Waals surface area contributed by atoms with Crippen molar-refractivity contribution in [3.63, 3.8) is 0 Å². The van der Waals surface area contributed by atoms with Crippen molar-refractivity contribution in [1.29, 1.82) is 0 Å². The largest absolute Gasteiger partial charge is 0.359 e. The number of nitrogens with zero attached hydrogens (tertiary/aromatic N) is 2. The first-order valence-corrected chi connectivity index (χ1v) is 19.2. The Hall–Kier alpha value is -7.36. The number of hydrogen-bond acceptors (Lipinski definition) is 3. The van der Waals surface area contributed by atoms with Crippen molar-refractivity contribution in [2.75, 3.05) is 0 Å². The third-order valence-electron chi connectivity index (χ3n) is 11.2. The number of aliphatic imine (C=N–C) groups is 1. The first kappa shape index (κ1) is 32.1. The molecule has 0 amide bonds. The van der Waals surface area contributed by atoms with E-state index in [1.807, 2.05) is 0 Å². The molecule has 1 aliphatic rings. The molecule has 1 aromatic heterocycles. The molecule has 0 spiro atoms. The molecule has 0 aliphatic carbocycles. The van der Waals surface area contributed by atoms with Crippen molar-refractivity contribution in [2.45, 2.75) is 6.17 Å². The van der Waals surface area contributed by atoms with Gasteiger partial charge in [-0.2, -0.15) is 0 Å². The van der Waals surface area contributed by atoms with E-state index in [1.54, 1.807) is 0 Å². The van der Waals surface area contributed by atoms with E-state index >= 15 is 0 Å². The molecule has 0 fully saturated rings. The van der Waals surface area contributed by atoms with Crippen LogP contribution < -0.4 is 5.32 Å². The summed E-state index contributed by atoms with van der Waals surface area (Å²) >= 11 is 0. The molecule has 9 aromatic carbocycles. The monoisotopic (exact) mass is 713 g/mol. The zero-order valence-electron chi connectivity index (χ0n) is 30.5. The SMILES string of the molecule is C1=C(c2cccc3ccccc23)NC(c2cccc(-c3cccc(-c4nc5ccccc5c5c4ccc4ccccc45)c3)c2)N=C1c1cccc2ccccc12. The Bertz CT molecular complexity index is 3220. The number of para-hydroxylation sites is 1. The van der Waals surface area contributed by atoms with E-state index in [4.69, 9.17) is 9.98 Å². The summed E-state index contributed by atoms with van der Waals surface area (Å²) in [7, 11) is 0. The average Bonchev–Trinajstić information content (AvgIpc) is 3.28. The normalized spacial score (nSPS) is 14.2. The maximum absolute atomic E-state index is 5.44. The van der Waals surface area contributed by atoms with Gasteiger partial charge in [0, 0.05) is 38.5 Å². The molecule has 10 aromatic rings. The fraction of sp³-hybridized carbons (Fsp3) is 0.0189. The quantitative estimate of drug-likeness (QED) is 0.180. The van der Waals surface area contributed by atoms with Gasteiger partial charge >= 0.3 is 0 Å². The van der Waals surface area contributed by atoms with Gasteiger partial charge in [-0.3, -0.25) is 4.99 Å². The zero-order valence-corrected chi connectivity index (χ0v) is 30.5. The predicted molar refractivity (Wildman–Crippen MR) is 236 cm³/mol. The van der Waals surface area contributed by atoms with Gasteiger partial charge in [0.2, 0.25) is 0 Å². The number of allylic oxidation sites excluding steroid dienone is 1. The molecule has 262 valence electrons. The molecule has 0 radical (unpaired) electrons. The lowest BCUT2D eigenvalue weighted by Crippen LogP contribution is -2.25. The summed E-state index contributed by atoms with van der Waals surface area (Å²) in [6.45, 7) is 0. The van der Waals surface area contributed by atoms with Crippen LogP contribution in [-0.4, -0.2) is 10.7 Å². The summed E-state index contributed by atoms with van der Waals surface area (Å²) < 4.78 is 0. The van der Waals surface area contributed by atoms with Gasteiger partial charge in [-0.25, -0.2) is 4.98 Å². The molecule has 56 heavy (non-hydrogen) atoms. The van der Waals surface area contributed by atoms with Gasteiger partial charge in [-0.1, -0.05) is 176 Å². The molecule has 1 unspecified atom stereocenters. The fourth-order valence-electron chi connectivity index (χ4n) is 8.58. The topological polar surface area (TPSA) is 37.3 Å². The highest BCUT2D eigenvalue weighted by atomic mass is 15.1. The highest BCUT2D eigenvalue weighted by Gasteiger charge is 2.22. The molecule has 0 bridgehead atoms. The first-order valence-electron chi connectivity index (χ1n) is 19.2. The van der Waals surface area contributed by atoms with Crippen molar-refractivity contribution >= 4 is 65.4 Å². The van der Waals surface area contributed by atoms with E-state index in [0.29, 0.717) is 0 Å². The minimum Gasteiger partial charge on any atom is -0.359 e. The van der Waals surface area contributed by atoms with Gasteiger partial charge in [0.25, 0.3) is 0 Å². The van der Waals surface area contributed by atoms with Crippen LogP contribution in [0.3, 0.4) is 0 Å². The lowest BCUT2D eigenvalue weighted by molar-refractivity contribution is 0.665. The first-order chi connectivity index (χ1) is 27.7. The van der Waals surface area contributed by atoms with Gasteiger partial charge in [-0.15, -0.1) is 0 Å². The maximum Gasteiger partial charge on any atom is 0.145 e. The number of benzene rings is 9. The molecule has 1 atom stereocenters. The second kappa shape index (κ2) is 13.2. The molecule has 3 nitrogen and oxygen atoms in total. The molecule has 2 heterocycles. The van der Waals surface area contributed by atoms with Gasteiger partial charge in [-0.05, 0) is 73.3 Å². The number of fused-ring (bicyclic) bond motifs is 7. The molecule has 0 saturated heterocycles. The highest BCUT2D eigenvalue weighted by molar-refractivity contribution is 6.22. The van der Waals surface area contributed by atoms with Crippen LogP contribution >= 0.6 is 0 Å². The lowest BCUT2D eigenvalue weighted by Gasteiger charge is -2.26. The van der Waals surface area contributed by atoms with E-state index in [-0.39, 0.29) is 6.17 Å². The smallest absolute Gasteiger partial charge is 0.145 e. The van der Waals surface area contributed by atoms with Crippen molar-refractivity contribution in [2.24, 2.45) is 4.99 Å². The number of aromatic nitrogens is 1. The van der Waals surface area contributed by atoms with Crippen LogP contribution in [0.5, 0.6) is 0 Å². The number of rotatable bonds is 5. The van der Waals surface area contributed by atoms with Crippen molar-refractivity contribution < 1.29 is 0 Å². The Kier molecular flexibility index (Phi) is 7.56. The van der Waals surface area contributed by atoms with Crippen LogP contribution in [0.2, 0.25) is 0 Å². The summed E-state index contributed by atoms with van der Waals surface area (Å²) in [6, 6.07) is 69.4. The Morgan fingerprint density at radius 1 is 0.411 bits per heavy atom. The standard InChI is InChI=1S/C53H35N3/c1-4-22-41-34(13-1)16-11-26-44(41)49-33-50(45-27-12-17-35-14-2-5-23-42(35)45)56-53(55-49)40-21-10-19-38(32-40)37-18-9-20-39(31-37)52-47-30-29-36-15-3-6-24-43(36)51(47)46-25-7-8-28-48(46)54-52/h1-33,53,55H. The van der Waals surface area contributed by atoms with Crippen LogP contribution in [0.25, 0.3) is 82.1 Å². The predicted octanol–water partition coefficient (Wildman–Crippen LogP) is 13.3. The van der Waals surface area contributed by atoms with Crippen LogP contribution in [0.4, 0.5) is 0 Å². The summed E-state index contributed by atoms with van der Waals surface area (Å²) in [5.41, 5.74) is 10.7. The molecule has 0 saturated carbocycles. The third kappa shape index (κ3) is 5.44. The van der Waals surface area contributed by atoms with Crippen molar-refractivity contribution in [3.8, 4) is 22.4 Å². The minimum atomic E-state index is -0.301. The lowest BCUT2D eigenvalue weighted by atomic mass is 9.93. The minimum absolute atomic E-state index is 0.301. The zero-order chi connectivity index (χ0) is 37.0. The molecule has 1 N–H and O–H groups in total. The average molecular weight is 714 g/mol. The van der Waals surface area contributed by atoms with E-state index < -0.39 is 0 Å². The van der Waals surface area contributed by atoms with Crippen LogP contribution in [0, 0.1) is 0 Å². The van der Waals surface area contributed by atoms with Crippen molar-refractivity contribution in [3.05, 3.63) is 217 Å². The Morgan fingerprint density at radius 3 is 1.77 bits per heavy atom.